The summed E-state index contributed by atoms with van der Waals surface area (Å²) in [7, 11) is 0. The molecule has 2 heteroatoms. The van der Waals surface area contributed by atoms with E-state index in [-0.39, 0.29) is 11.7 Å². The fourth-order valence-corrected chi connectivity index (χ4v) is 3.03. The summed E-state index contributed by atoms with van der Waals surface area (Å²) in [6, 6.07) is 7.98. The maximum Gasteiger partial charge on any atom is 0.159 e. The van der Waals surface area contributed by atoms with Crippen molar-refractivity contribution >= 4 is 11.6 Å². The van der Waals surface area contributed by atoms with Gasteiger partial charge in [-0.3, -0.25) is 9.59 Å². The van der Waals surface area contributed by atoms with Gasteiger partial charge in [0.05, 0.1) is 0 Å². The summed E-state index contributed by atoms with van der Waals surface area (Å²) in [6.07, 6.45) is 4.89. The standard InChI is InChI=1S/C17H22O2/c1-3-17(19)16-10-8-15(9-11-16)14-6-4-13(5-7-14)12(2)18/h4-7,15-16H,3,8-11H2,1-2H3. The minimum Gasteiger partial charge on any atom is -0.299 e. The van der Waals surface area contributed by atoms with E-state index in [2.05, 4.69) is 12.1 Å². The van der Waals surface area contributed by atoms with E-state index in [0.717, 1.165) is 31.2 Å². The summed E-state index contributed by atoms with van der Waals surface area (Å²) in [6.45, 7) is 3.55. The molecule has 19 heavy (non-hydrogen) atoms. The number of Topliss-reactive ketones (excluding diaryl/α,β-unsaturated/α-hetero) is 2. The minimum atomic E-state index is 0.115. The Morgan fingerprint density at radius 1 is 1.05 bits per heavy atom. The number of carbonyl (C=O) groups is 2. The quantitative estimate of drug-likeness (QED) is 0.760. The van der Waals surface area contributed by atoms with Crippen LogP contribution in [-0.4, -0.2) is 11.6 Å². The number of hydrogen-bond acceptors (Lipinski definition) is 2. The van der Waals surface area contributed by atoms with Crippen LogP contribution in [0.25, 0.3) is 0 Å². The van der Waals surface area contributed by atoms with E-state index in [0.29, 0.717) is 18.1 Å². The Balaban J connectivity index is 1.97. The van der Waals surface area contributed by atoms with E-state index in [1.54, 1.807) is 6.92 Å². The number of benzene rings is 1. The highest BCUT2D eigenvalue weighted by molar-refractivity contribution is 5.94. The van der Waals surface area contributed by atoms with Crippen molar-refractivity contribution in [1.82, 2.24) is 0 Å². The van der Waals surface area contributed by atoms with Crippen molar-refractivity contribution in [3.63, 3.8) is 0 Å². The Morgan fingerprint density at radius 3 is 2.11 bits per heavy atom. The smallest absolute Gasteiger partial charge is 0.159 e. The van der Waals surface area contributed by atoms with Crippen molar-refractivity contribution in [2.45, 2.75) is 51.9 Å². The predicted octanol–water partition coefficient (Wildman–Crippen LogP) is 4.14. The summed E-state index contributed by atoms with van der Waals surface area (Å²) < 4.78 is 0. The summed E-state index contributed by atoms with van der Waals surface area (Å²) in [5, 5.41) is 0. The summed E-state index contributed by atoms with van der Waals surface area (Å²) in [4.78, 5) is 22.9. The van der Waals surface area contributed by atoms with Gasteiger partial charge in [-0.1, -0.05) is 31.2 Å². The van der Waals surface area contributed by atoms with Gasteiger partial charge in [0, 0.05) is 17.9 Å². The van der Waals surface area contributed by atoms with Crippen molar-refractivity contribution in [2.75, 3.05) is 0 Å². The molecule has 1 saturated carbocycles. The molecule has 0 atom stereocenters. The number of carbonyl (C=O) groups excluding carboxylic acids is 2. The monoisotopic (exact) mass is 258 g/mol. The van der Waals surface area contributed by atoms with Gasteiger partial charge in [-0.05, 0) is 44.1 Å². The average Bonchev–Trinajstić information content (AvgIpc) is 2.46. The Labute approximate surface area is 115 Å². The van der Waals surface area contributed by atoms with Gasteiger partial charge in [0.15, 0.2) is 5.78 Å². The maximum atomic E-state index is 11.7. The van der Waals surface area contributed by atoms with Gasteiger partial charge in [0.25, 0.3) is 0 Å². The molecule has 0 aliphatic heterocycles. The molecule has 1 aliphatic carbocycles. The van der Waals surface area contributed by atoms with E-state index in [1.165, 1.54) is 5.56 Å². The van der Waals surface area contributed by atoms with Crippen LogP contribution in [-0.2, 0) is 4.79 Å². The molecular weight excluding hydrogens is 236 g/mol. The Kier molecular flexibility index (Phi) is 4.52. The van der Waals surface area contributed by atoms with E-state index < -0.39 is 0 Å². The molecular formula is C17H22O2. The molecule has 1 fully saturated rings. The number of rotatable bonds is 4. The first-order chi connectivity index (χ1) is 9.11. The summed E-state index contributed by atoms with van der Waals surface area (Å²) >= 11 is 0. The van der Waals surface area contributed by atoms with Crippen LogP contribution in [0.1, 0.15) is 67.8 Å². The molecule has 0 amide bonds. The summed E-state index contributed by atoms with van der Waals surface area (Å²) in [5.41, 5.74) is 2.09. The molecule has 102 valence electrons. The van der Waals surface area contributed by atoms with Gasteiger partial charge in [-0.2, -0.15) is 0 Å². The number of ketones is 2. The lowest BCUT2D eigenvalue weighted by atomic mass is 9.77. The molecule has 0 unspecified atom stereocenters. The first kappa shape index (κ1) is 14.0. The second-order valence-corrected chi connectivity index (χ2v) is 5.55. The fraction of sp³-hybridized carbons (Fsp3) is 0.529. The van der Waals surface area contributed by atoms with E-state index in [1.807, 2.05) is 19.1 Å². The first-order valence-electron chi connectivity index (χ1n) is 7.25. The molecule has 0 spiro atoms. The Bertz CT molecular complexity index is 451. The van der Waals surface area contributed by atoms with Crippen LogP contribution < -0.4 is 0 Å². The van der Waals surface area contributed by atoms with Gasteiger partial charge in [-0.15, -0.1) is 0 Å². The zero-order valence-corrected chi connectivity index (χ0v) is 11.8. The molecule has 1 aliphatic rings. The number of hydrogen-bond donors (Lipinski definition) is 0. The third-order valence-electron chi connectivity index (χ3n) is 4.32. The summed E-state index contributed by atoms with van der Waals surface area (Å²) in [5.74, 6) is 1.38. The second-order valence-electron chi connectivity index (χ2n) is 5.55. The molecule has 0 saturated heterocycles. The van der Waals surface area contributed by atoms with Gasteiger partial charge in [0.2, 0.25) is 0 Å². The zero-order chi connectivity index (χ0) is 13.8. The van der Waals surface area contributed by atoms with Crippen molar-refractivity contribution in [1.29, 1.82) is 0 Å². The van der Waals surface area contributed by atoms with E-state index in [4.69, 9.17) is 0 Å². The molecule has 1 aromatic carbocycles. The van der Waals surface area contributed by atoms with Crippen LogP contribution in [0.3, 0.4) is 0 Å². The topological polar surface area (TPSA) is 34.1 Å². The van der Waals surface area contributed by atoms with E-state index >= 15 is 0 Å². The fourth-order valence-electron chi connectivity index (χ4n) is 3.03. The van der Waals surface area contributed by atoms with Gasteiger partial charge < -0.3 is 0 Å². The maximum absolute atomic E-state index is 11.7. The Hall–Kier alpha value is -1.44. The normalized spacial score (nSPS) is 23.1. The molecule has 1 aromatic rings. The highest BCUT2D eigenvalue weighted by Crippen LogP contribution is 2.36. The molecule has 2 nitrogen and oxygen atoms in total. The minimum absolute atomic E-state index is 0.115. The third-order valence-corrected chi connectivity index (χ3v) is 4.32. The molecule has 0 heterocycles. The van der Waals surface area contributed by atoms with Crippen molar-refractivity contribution in [2.24, 2.45) is 5.92 Å². The van der Waals surface area contributed by atoms with Crippen molar-refractivity contribution in [3.8, 4) is 0 Å². The van der Waals surface area contributed by atoms with Crippen molar-refractivity contribution < 1.29 is 9.59 Å². The lowest BCUT2D eigenvalue weighted by Gasteiger charge is -2.27. The SMILES string of the molecule is CCC(=O)C1CCC(c2ccc(C(C)=O)cc2)CC1. The zero-order valence-electron chi connectivity index (χ0n) is 11.8. The Morgan fingerprint density at radius 2 is 1.63 bits per heavy atom. The lowest BCUT2D eigenvalue weighted by Crippen LogP contribution is -2.20. The van der Waals surface area contributed by atoms with Crippen LogP contribution in [0.5, 0.6) is 0 Å². The van der Waals surface area contributed by atoms with E-state index in [9.17, 15) is 9.59 Å². The van der Waals surface area contributed by atoms with Crippen LogP contribution in [0, 0.1) is 5.92 Å². The molecule has 2 rings (SSSR count). The van der Waals surface area contributed by atoms with Crippen LogP contribution >= 0.6 is 0 Å². The van der Waals surface area contributed by atoms with Crippen molar-refractivity contribution in [3.05, 3.63) is 35.4 Å². The third kappa shape index (κ3) is 3.31. The van der Waals surface area contributed by atoms with Gasteiger partial charge >= 0.3 is 0 Å². The lowest BCUT2D eigenvalue weighted by molar-refractivity contribution is -0.123. The second kappa shape index (κ2) is 6.14. The van der Waals surface area contributed by atoms with Crippen LogP contribution in [0.15, 0.2) is 24.3 Å². The van der Waals surface area contributed by atoms with Gasteiger partial charge in [0.1, 0.15) is 5.78 Å². The average molecular weight is 258 g/mol. The largest absolute Gasteiger partial charge is 0.299 e. The first-order valence-corrected chi connectivity index (χ1v) is 7.25. The highest BCUT2D eigenvalue weighted by Gasteiger charge is 2.25. The van der Waals surface area contributed by atoms with Crippen LogP contribution in [0.2, 0.25) is 0 Å². The molecule has 0 radical (unpaired) electrons. The predicted molar refractivity (Wildman–Crippen MR) is 76.4 cm³/mol. The van der Waals surface area contributed by atoms with Crippen LogP contribution in [0.4, 0.5) is 0 Å². The molecule has 0 bridgehead atoms. The van der Waals surface area contributed by atoms with Gasteiger partial charge in [-0.25, -0.2) is 0 Å². The molecule has 0 aromatic heterocycles. The molecule has 0 N–H and O–H groups in total. The highest BCUT2D eigenvalue weighted by atomic mass is 16.1.